The van der Waals surface area contributed by atoms with Crippen LogP contribution >= 0.6 is 0 Å². The van der Waals surface area contributed by atoms with E-state index < -0.39 is 0 Å². The summed E-state index contributed by atoms with van der Waals surface area (Å²) >= 11 is 0. The van der Waals surface area contributed by atoms with E-state index >= 15 is 0 Å². The summed E-state index contributed by atoms with van der Waals surface area (Å²) in [6.07, 6.45) is 11.5. The van der Waals surface area contributed by atoms with Gasteiger partial charge in [-0.1, -0.05) is 83.7 Å². The van der Waals surface area contributed by atoms with Crippen LogP contribution < -0.4 is 10.1 Å². The molecule has 29 heavy (non-hydrogen) atoms. The Balaban J connectivity index is 0.00000841. The van der Waals surface area contributed by atoms with Gasteiger partial charge < -0.3 is 10.1 Å². The van der Waals surface area contributed by atoms with Crippen LogP contribution in [0.2, 0.25) is 0 Å². The maximum atomic E-state index is 5.94. The minimum Gasteiger partial charge on any atom is -0.493 e. The molecule has 0 amide bonds. The number of nitrogens with one attached hydrogen (secondary N) is 1. The Morgan fingerprint density at radius 1 is 1.17 bits per heavy atom. The molecular formula is C27H41NO. The number of allylic oxidation sites excluding steroid dienone is 5. The lowest BCUT2D eigenvalue weighted by Crippen LogP contribution is -2.24. The molecule has 0 bridgehead atoms. The number of ether oxygens (including phenoxy) is 1. The van der Waals surface area contributed by atoms with E-state index in [0.29, 0.717) is 12.0 Å². The molecule has 0 saturated heterocycles. The van der Waals surface area contributed by atoms with Crippen molar-refractivity contribution in [1.82, 2.24) is 5.32 Å². The van der Waals surface area contributed by atoms with Gasteiger partial charge in [-0.25, -0.2) is 0 Å². The molecule has 1 rings (SSSR count). The third-order valence-corrected chi connectivity index (χ3v) is 4.86. The van der Waals surface area contributed by atoms with Gasteiger partial charge >= 0.3 is 0 Å². The van der Waals surface area contributed by atoms with E-state index in [-0.39, 0.29) is 1.43 Å². The molecule has 0 spiro atoms. The Morgan fingerprint density at radius 3 is 2.52 bits per heavy atom. The van der Waals surface area contributed by atoms with Crippen LogP contribution in [0.4, 0.5) is 0 Å². The smallest absolute Gasteiger partial charge is 0.119 e. The molecule has 0 radical (unpaired) electrons. The highest BCUT2D eigenvalue weighted by Gasteiger charge is 2.03. The lowest BCUT2D eigenvalue weighted by atomic mass is 10.0. The summed E-state index contributed by atoms with van der Waals surface area (Å²) in [5, 5.41) is 3.38. The van der Waals surface area contributed by atoms with E-state index in [2.05, 4.69) is 95.6 Å². The molecule has 1 aromatic rings. The maximum absolute atomic E-state index is 5.94. The molecular weight excluding hydrogens is 354 g/mol. The normalized spacial score (nSPS) is 13.4. The van der Waals surface area contributed by atoms with E-state index in [9.17, 15) is 0 Å². The van der Waals surface area contributed by atoms with Crippen molar-refractivity contribution in [2.45, 2.75) is 54.0 Å². The quantitative estimate of drug-likeness (QED) is 0.375. The highest BCUT2D eigenvalue weighted by atomic mass is 16.5. The van der Waals surface area contributed by atoms with Gasteiger partial charge in [0, 0.05) is 14.0 Å². The second kappa shape index (κ2) is 13.0. The number of hydrogen-bond acceptors (Lipinski definition) is 2. The van der Waals surface area contributed by atoms with Crippen molar-refractivity contribution in [2.75, 3.05) is 13.2 Å². The van der Waals surface area contributed by atoms with E-state index in [1.54, 1.807) is 0 Å². The van der Waals surface area contributed by atoms with Crippen LogP contribution in [0, 0.1) is 12.8 Å². The molecule has 0 aliphatic carbocycles. The predicted octanol–water partition coefficient (Wildman–Crippen LogP) is 7.29. The molecule has 0 aliphatic heterocycles. The van der Waals surface area contributed by atoms with E-state index in [1.807, 2.05) is 13.0 Å². The molecule has 0 heterocycles. The average Bonchev–Trinajstić information content (AvgIpc) is 2.70. The van der Waals surface area contributed by atoms with Gasteiger partial charge in [0.2, 0.25) is 0 Å². The van der Waals surface area contributed by atoms with Crippen LogP contribution in [0.1, 0.15) is 53.6 Å². The first-order valence-corrected chi connectivity index (χ1v) is 10.6. The van der Waals surface area contributed by atoms with Gasteiger partial charge in [0.05, 0.1) is 6.61 Å². The van der Waals surface area contributed by atoms with Gasteiger partial charge in [0.1, 0.15) is 5.75 Å². The van der Waals surface area contributed by atoms with Gasteiger partial charge in [0.15, 0.2) is 0 Å². The van der Waals surface area contributed by atoms with Crippen molar-refractivity contribution in [3.63, 3.8) is 0 Å². The monoisotopic (exact) mass is 395 g/mol. The van der Waals surface area contributed by atoms with Crippen molar-refractivity contribution in [3.8, 4) is 5.75 Å². The summed E-state index contributed by atoms with van der Waals surface area (Å²) in [4.78, 5) is 0. The predicted molar refractivity (Wildman–Crippen MR) is 132 cm³/mol. The largest absolute Gasteiger partial charge is 0.493 e. The van der Waals surface area contributed by atoms with Crippen LogP contribution in [0.5, 0.6) is 5.75 Å². The highest BCUT2D eigenvalue weighted by Crippen LogP contribution is 2.21. The van der Waals surface area contributed by atoms with Crippen molar-refractivity contribution >= 4 is 6.08 Å². The molecule has 1 atom stereocenters. The molecule has 160 valence electrons. The first-order chi connectivity index (χ1) is 13.8. The van der Waals surface area contributed by atoms with Gasteiger partial charge in [-0.2, -0.15) is 0 Å². The van der Waals surface area contributed by atoms with Crippen LogP contribution in [0.25, 0.3) is 6.08 Å². The summed E-state index contributed by atoms with van der Waals surface area (Å²) in [6, 6.07) is 6.70. The number of rotatable bonds is 12. The van der Waals surface area contributed by atoms with Crippen molar-refractivity contribution in [2.24, 2.45) is 5.92 Å². The number of hydrogen-bond donors (Lipinski definition) is 1. The molecule has 1 unspecified atom stereocenters. The lowest BCUT2D eigenvalue weighted by Gasteiger charge is -2.12. The van der Waals surface area contributed by atoms with Crippen LogP contribution in [-0.4, -0.2) is 19.2 Å². The van der Waals surface area contributed by atoms with Crippen LogP contribution in [-0.2, 0) is 0 Å². The zero-order chi connectivity index (χ0) is 21.8. The molecule has 0 aliphatic rings. The summed E-state index contributed by atoms with van der Waals surface area (Å²) in [7, 11) is 0. The van der Waals surface area contributed by atoms with Gasteiger partial charge in [-0.15, -0.1) is 0 Å². The van der Waals surface area contributed by atoms with E-state index in [1.165, 1.54) is 5.56 Å². The second-order valence-electron chi connectivity index (χ2n) is 7.97. The molecule has 1 aromatic carbocycles. The first-order valence-electron chi connectivity index (χ1n) is 10.6. The van der Waals surface area contributed by atoms with E-state index in [4.69, 9.17) is 4.74 Å². The molecule has 2 heteroatoms. The minimum atomic E-state index is 0. The fraction of sp³-hybridized carbons (Fsp3) is 0.407. The standard InChI is InChI=1S/C27H39NO.H2/c1-9-21(5)19-29-27-16-13-24(8)26(17-27)15-12-23(7)25(10-2)14-11-22(6)18-28-20(3)4;/h10-17,20-21,28H,6-7,9,18-19H2,1-5,8H3;1H/b14-11-,15-12-,25-10+;. The van der Waals surface area contributed by atoms with Crippen LogP contribution in [0.15, 0.2) is 72.4 Å². The van der Waals surface area contributed by atoms with Crippen molar-refractivity contribution in [3.05, 3.63) is 83.5 Å². The molecule has 0 fully saturated rings. The Morgan fingerprint density at radius 2 is 1.90 bits per heavy atom. The highest BCUT2D eigenvalue weighted by molar-refractivity contribution is 5.61. The van der Waals surface area contributed by atoms with Crippen molar-refractivity contribution < 1.29 is 6.16 Å². The maximum Gasteiger partial charge on any atom is 0.119 e. The van der Waals surface area contributed by atoms with E-state index in [0.717, 1.165) is 47.6 Å². The van der Waals surface area contributed by atoms with Gasteiger partial charge in [-0.05, 0) is 59.7 Å². The third-order valence-electron chi connectivity index (χ3n) is 4.86. The number of aryl methyl sites for hydroxylation is 1. The van der Waals surface area contributed by atoms with Gasteiger partial charge in [-0.3, -0.25) is 0 Å². The molecule has 0 saturated carbocycles. The summed E-state index contributed by atoms with van der Waals surface area (Å²) in [6.45, 7) is 22.7. The summed E-state index contributed by atoms with van der Waals surface area (Å²) in [5.74, 6) is 1.48. The Kier molecular flexibility index (Phi) is 11.1. The van der Waals surface area contributed by atoms with Gasteiger partial charge in [0.25, 0.3) is 0 Å². The topological polar surface area (TPSA) is 21.3 Å². The van der Waals surface area contributed by atoms with Crippen molar-refractivity contribution in [1.29, 1.82) is 0 Å². The number of benzene rings is 1. The molecule has 1 N–H and O–H groups in total. The Hall–Kier alpha value is -2.32. The van der Waals surface area contributed by atoms with Crippen LogP contribution in [0.3, 0.4) is 0 Å². The zero-order valence-corrected chi connectivity index (χ0v) is 19.2. The Labute approximate surface area is 180 Å². The SMILES string of the molecule is C=C(/C=C\C(=C/C)C(=C)/C=C\c1cc(OCC(C)CC)ccc1C)CNC(C)C.[HH]. The minimum absolute atomic E-state index is 0. The fourth-order valence-corrected chi connectivity index (χ4v) is 2.52. The lowest BCUT2D eigenvalue weighted by molar-refractivity contribution is 0.256. The summed E-state index contributed by atoms with van der Waals surface area (Å²) < 4.78 is 5.94. The fourth-order valence-electron chi connectivity index (χ4n) is 2.52. The second-order valence-corrected chi connectivity index (χ2v) is 7.97. The average molecular weight is 396 g/mol. The first kappa shape index (κ1) is 24.7. The zero-order valence-electron chi connectivity index (χ0n) is 19.2. The Bertz CT molecular complexity index is 771. The summed E-state index contributed by atoms with van der Waals surface area (Å²) in [5.41, 5.74) is 5.48. The molecule has 0 aromatic heterocycles. The third kappa shape index (κ3) is 9.62. The molecule has 2 nitrogen and oxygen atoms in total.